The van der Waals surface area contributed by atoms with Crippen molar-refractivity contribution in [2.45, 2.75) is 51.6 Å². The van der Waals surface area contributed by atoms with Crippen LogP contribution in [0, 0.1) is 0 Å². The molecular formula is C19H23ClN4. The van der Waals surface area contributed by atoms with E-state index >= 15 is 0 Å². The van der Waals surface area contributed by atoms with Crippen molar-refractivity contribution in [1.82, 2.24) is 9.97 Å². The highest BCUT2D eigenvalue weighted by atomic mass is 35.5. The van der Waals surface area contributed by atoms with Gasteiger partial charge in [0.2, 0.25) is 5.95 Å². The van der Waals surface area contributed by atoms with Gasteiger partial charge in [0.25, 0.3) is 0 Å². The molecular weight excluding hydrogens is 320 g/mol. The highest BCUT2D eigenvalue weighted by Crippen LogP contribution is 2.29. The van der Waals surface area contributed by atoms with E-state index in [2.05, 4.69) is 42.3 Å². The second kappa shape index (κ2) is 6.25. The Balaban J connectivity index is 1.63. The average Bonchev–Trinajstić information content (AvgIpc) is 3.38. The van der Waals surface area contributed by atoms with E-state index in [1.165, 1.54) is 24.0 Å². The van der Waals surface area contributed by atoms with Crippen molar-refractivity contribution < 1.29 is 0 Å². The van der Waals surface area contributed by atoms with Crippen molar-refractivity contribution in [1.29, 1.82) is 0 Å². The van der Waals surface area contributed by atoms with Crippen molar-refractivity contribution in [2.24, 2.45) is 0 Å². The molecule has 2 aliphatic rings. The van der Waals surface area contributed by atoms with Gasteiger partial charge in [-0.15, -0.1) is 0 Å². The third-order valence-corrected chi connectivity index (χ3v) is 4.97. The molecule has 0 radical (unpaired) electrons. The number of hydrogen-bond donors (Lipinski definition) is 1. The van der Waals surface area contributed by atoms with Crippen molar-refractivity contribution in [3.05, 3.63) is 46.1 Å². The van der Waals surface area contributed by atoms with Crippen LogP contribution < -0.4 is 10.2 Å². The minimum atomic E-state index is 0.391. The fraction of sp³-hybridized carbons (Fsp3) is 0.474. The maximum atomic E-state index is 6.12. The molecule has 1 aliphatic carbocycles. The Morgan fingerprint density at radius 1 is 1.17 bits per heavy atom. The quantitative estimate of drug-likeness (QED) is 0.894. The smallest absolute Gasteiger partial charge is 0.225 e. The summed E-state index contributed by atoms with van der Waals surface area (Å²) in [5.41, 5.74) is 3.80. The van der Waals surface area contributed by atoms with Gasteiger partial charge in [-0.25, -0.2) is 4.98 Å². The molecule has 1 saturated carbocycles. The van der Waals surface area contributed by atoms with Gasteiger partial charge in [0.1, 0.15) is 5.82 Å². The first-order chi connectivity index (χ1) is 11.6. The maximum absolute atomic E-state index is 6.12. The summed E-state index contributed by atoms with van der Waals surface area (Å²) in [6.45, 7) is 6.20. The number of hydrogen-bond acceptors (Lipinski definition) is 4. The highest BCUT2D eigenvalue weighted by molar-refractivity contribution is 6.30. The van der Waals surface area contributed by atoms with E-state index in [1.807, 2.05) is 6.07 Å². The zero-order chi connectivity index (χ0) is 16.7. The third-order valence-electron chi connectivity index (χ3n) is 4.74. The Morgan fingerprint density at radius 2 is 2.00 bits per heavy atom. The van der Waals surface area contributed by atoms with Crippen LogP contribution in [0.4, 0.5) is 11.8 Å². The minimum absolute atomic E-state index is 0.391. The van der Waals surface area contributed by atoms with Crippen LogP contribution >= 0.6 is 11.6 Å². The van der Waals surface area contributed by atoms with Gasteiger partial charge in [-0.2, -0.15) is 4.98 Å². The van der Waals surface area contributed by atoms with Crippen LogP contribution in [-0.4, -0.2) is 22.6 Å². The summed E-state index contributed by atoms with van der Waals surface area (Å²) in [6.07, 6.45) is 3.45. The summed E-state index contributed by atoms with van der Waals surface area (Å²) >= 11 is 6.12. The normalized spacial score (nSPS) is 17.1. The first-order valence-electron chi connectivity index (χ1n) is 8.76. The number of rotatable bonds is 4. The summed E-state index contributed by atoms with van der Waals surface area (Å²) in [6, 6.07) is 8.91. The second-order valence-corrected chi connectivity index (χ2v) is 7.57. The van der Waals surface area contributed by atoms with E-state index in [-0.39, 0.29) is 0 Å². The molecule has 0 atom stereocenters. The fourth-order valence-corrected chi connectivity index (χ4v) is 3.30. The maximum Gasteiger partial charge on any atom is 0.225 e. The summed E-state index contributed by atoms with van der Waals surface area (Å²) in [5.74, 6) is 2.19. The number of nitrogens with zero attached hydrogens (tertiary/aromatic N) is 3. The van der Waals surface area contributed by atoms with Gasteiger partial charge >= 0.3 is 0 Å². The van der Waals surface area contributed by atoms with Crippen molar-refractivity contribution in [3.63, 3.8) is 0 Å². The third kappa shape index (κ3) is 3.34. The molecule has 1 aliphatic heterocycles. The molecule has 4 nitrogen and oxygen atoms in total. The molecule has 0 saturated heterocycles. The number of nitrogens with one attached hydrogen (secondary N) is 1. The van der Waals surface area contributed by atoms with E-state index in [9.17, 15) is 0 Å². The molecule has 2 heterocycles. The highest BCUT2D eigenvalue weighted by Gasteiger charge is 2.24. The van der Waals surface area contributed by atoms with Gasteiger partial charge in [0, 0.05) is 30.2 Å². The largest absolute Gasteiger partial charge is 0.352 e. The first kappa shape index (κ1) is 15.7. The number of fused-ring (bicyclic) bond motifs is 1. The SMILES string of the molecule is CC(C)c1cc(N2CCc3cc(Cl)ccc3C2)nc(NC2CC2)n1. The van der Waals surface area contributed by atoms with E-state index < -0.39 is 0 Å². The molecule has 0 amide bonds. The lowest BCUT2D eigenvalue weighted by Gasteiger charge is -2.30. The molecule has 126 valence electrons. The second-order valence-electron chi connectivity index (χ2n) is 7.13. The van der Waals surface area contributed by atoms with E-state index in [1.54, 1.807) is 0 Å². The molecule has 0 spiro atoms. The molecule has 1 N–H and O–H groups in total. The lowest BCUT2D eigenvalue weighted by Crippen LogP contribution is -2.31. The van der Waals surface area contributed by atoms with Crippen LogP contribution in [0.5, 0.6) is 0 Å². The molecule has 0 unspecified atom stereocenters. The minimum Gasteiger partial charge on any atom is -0.352 e. The zero-order valence-corrected chi connectivity index (χ0v) is 15.0. The Kier molecular flexibility index (Phi) is 4.09. The van der Waals surface area contributed by atoms with Gasteiger partial charge in [-0.05, 0) is 48.4 Å². The van der Waals surface area contributed by atoms with Gasteiger partial charge in [-0.3, -0.25) is 0 Å². The van der Waals surface area contributed by atoms with Crippen molar-refractivity contribution in [2.75, 3.05) is 16.8 Å². The van der Waals surface area contributed by atoms with E-state index in [0.29, 0.717) is 12.0 Å². The standard InChI is InChI=1S/C19H23ClN4/c1-12(2)17-10-18(23-19(22-17)21-16-5-6-16)24-8-7-13-9-15(20)4-3-14(13)11-24/h3-4,9-10,12,16H,5-8,11H2,1-2H3,(H,21,22,23). The van der Waals surface area contributed by atoms with Crippen LogP contribution in [0.1, 0.15) is 49.4 Å². The Bertz CT molecular complexity index is 755. The van der Waals surface area contributed by atoms with E-state index in [0.717, 1.165) is 42.0 Å². The number of benzene rings is 1. The topological polar surface area (TPSA) is 41.1 Å². The van der Waals surface area contributed by atoms with Gasteiger partial charge in [-0.1, -0.05) is 31.5 Å². The first-order valence-corrected chi connectivity index (χ1v) is 9.14. The molecule has 1 aromatic heterocycles. The lowest BCUT2D eigenvalue weighted by molar-refractivity contribution is 0.713. The van der Waals surface area contributed by atoms with Crippen LogP contribution in [0.2, 0.25) is 5.02 Å². The molecule has 5 heteroatoms. The van der Waals surface area contributed by atoms with Gasteiger partial charge in [0.05, 0.1) is 5.69 Å². The summed E-state index contributed by atoms with van der Waals surface area (Å²) in [7, 11) is 0. The molecule has 1 fully saturated rings. The van der Waals surface area contributed by atoms with Crippen molar-refractivity contribution >= 4 is 23.4 Å². The molecule has 0 bridgehead atoms. The average molecular weight is 343 g/mol. The summed E-state index contributed by atoms with van der Waals surface area (Å²) < 4.78 is 0. The number of aromatic nitrogens is 2. The fourth-order valence-electron chi connectivity index (χ4n) is 3.10. The Morgan fingerprint density at radius 3 is 2.75 bits per heavy atom. The monoisotopic (exact) mass is 342 g/mol. The van der Waals surface area contributed by atoms with E-state index in [4.69, 9.17) is 21.6 Å². The number of halogens is 1. The van der Waals surface area contributed by atoms with Crippen LogP contribution in [0.25, 0.3) is 0 Å². The summed E-state index contributed by atoms with van der Waals surface area (Å²) in [5, 5.41) is 4.27. The van der Waals surface area contributed by atoms with Crippen LogP contribution in [0.3, 0.4) is 0 Å². The van der Waals surface area contributed by atoms with Crippen LogP contribution in [0.15, 0.2) is 24.3 Å². The van der Waals surface area contributed by atoms with Gasteiger partial charge in [0.15, 0.2) is 0 Å². The molecule has 24 heavy (non-hydrogen) atoms. The predicted molar refractivity (Wildman–Crippen MR) is 99.0 cm³/mol. The lowest BCUT2D eigenvalue weighted by atomic mass is 10.00. The van der Waals surface area contributed by atoms with Gasteiger partial charge < -0.3 is 10.2 Å². The summed E-state index contributed by atoms with van der Waals surface area (Å²) in [4.78, 5) is 11.8. The zero-order valence-electron chi connectivity index (χ0n) is 14.2. The Hall–Kier alpha value is -1.81. The van der Waals surface area contributed by atoms with Crippen molar-refractivity contribution in [3.8, 4) is 0 Å². The molecule has 1 aromatic carbocycles. The van der Waals surface area contributed by atoms with Crippen LogP contribution in [-0.2, 0) is 13.0 Å². The number of anilines is 2. The predicted octanol–water partition coefficient (Wildman–Crippen LogP) is 4.39. The Labute approximate surface area is 148 Å². The molecule has 2 aromatic rings. The molecule has 4 rings (SSSR count).